The van der Waals surface area contributed by atoms with Gasteiger partial charge in [0.2, 0.25) is 23.6 Å². The summed E-state index contributed by atoms with van der Waals surface area (Å²) in [4.78, 5) is 58.3. The molecule has 4 aromatic rings. The fourth-order valence-corrected chi connectivity index (χ4v) is 7.83. The Kier molecular flexibility index (Phi) is 11.4. The lowest BCUT2D eigenvalue weighted by atomic mass is 10.0. The summed E-state index contributed by atoms with van der Waals surface area (Å²) in [6.07, 6.45) is 3.37. The summed E-state index contributed by atoms with van der Waals surface area (Å²) in [7, 11) is 0. The maximum atomic E-state index is 13.8. The number of aromatic nitrogens is 1. The number of benzene rings is 3. The molecule has 47 heavy (non-hydrogen) atoms. The number of nitrogens with one attached hydrogen (secondary N) is 3. The van der Waals surface area contributed by atoms with Gasteiger partial charge in [-0.05, 0) is 99.3 Å². The van der Waals surface area contributed by atoms with Crippen LogP contribution in [0.15, 0.2) is 72.9 Å². The monoisotopic (exact) mass is 862 g/mol. The van der Waals surface area contributed by atoms with Crippen molar-refractivity contribution in [1.29, 1.82) is 0 Å². The van der Waals surface area contributed by atoms with E-state index in [4.69, 9.17) is 11.5 Å². The number of aromatic hydroxyl groups is 1. The molecule has 8 N–H and O–H groups in total. The lowest BCUT2D eigenvalue weighted by Crippen LogP contribution is -2.58. The third-order valence-corrected chi connectivity index (χ3v) is 10.0. The highest BCUT2D eigenvalue weighted by molar-refractivity contribution is 14.1. The number of halogens is 2. The van der Waals surface area contributed by atoms with Crippen molar-refractivity contribution in [2.45, 2.75) is 56.3 Å². The van der Waals surface area contributed by atoms with E-state index in [-0.39, 0.29) is 30.9 Å². The van der Waals surface area contributed by atoms with Gasteiger partial charge in [0.05, 0.1) is 13.2 Å². The lowest BCUT2D eigenvalue weighted by molar-refractivity contribution is -0.140. The number of phenolic OH excluding ortho intramolecular Hbond substituents is 1. The number of primary amides is 1. The zero-order chi connectivity index (χ0) is 33.7. The molecule has 1 fully saturated rings. The Labute approximate surface area is 299 Å². The van der Waals surface area contributed by atoms with E-state index in [9.17, 15) is 24.3 Å². The first kappa shape index (κ1) is 34.6. The molecule has 13 heteroatoms. The molecule has 11 nitrogen and oxygen atoms in total. The molecule has 0 aliphatic carbocycles. The summed E-state index contributed by atoms with van der Waals surface area (Å²) in [5.74, 6) is -1.92. The smallest absolute Gasteiger partial charge is 0.243 e. The molecule has 2 heterocycles. The van der Waals surface area contributed by atoms with Crippen molar-refractivity contribution in [2.24, 2.45) is 11.5 Å². The maximum absolute atomic E-state index is 13.8. The number of fused-ring (bicyclic) bond motifs is 1. The second-order valence-electron chi connectivity index (χ2n) is 11.7. The van der Waals surface area contributed by atoms with Gasteiger partial charge in [-0.3, -0.25) is 19.2 Å². The number of para-hydroxylation sites is 1. The number of amides is 4. The van der Waals surface area contributed by atoms with Gasteiger partial charge in [-0.2, -0.15) is 0 Å². The first-order valence-electron chi connectivity index (χ1n) is 15.2. The molecule has 1 aliphatic heterocycles. The Bertz CT molecular complexity index is 1760. The van der Waals surface area contributed by atoms with Crippen LogP contribution in [0.2, 0.25) is 0 Å². The molecule has 3 aromatic carbocycles. The van der Waals surface area contributed by atoms with Gasteiger partial charge >= 0.3 is 0 Å². The second kappa shape index (κ2) is 15.5. The summed E-state index contributed by atoms with van der Waals surface area (Å²) in [6, 6.07) is 16.6. The average Bonchev–Trinajstić information content (AvgIpc) is 3.71. The van der Waals surface area contributed by atoms with E-state index in [1.54, 1.807) is 18.3 Å². The minimum atomic E-state index is -1.06. The maximum Gasteiger partial charge on any atom is 0.243 e. The van der Waals surface area contributed by atoms with Crippen molar-refractivity contribution < 1.29 is 24.3 Å². The summed E-state index contributed by atoms with van der Waals surface area (Å²) in [5, 5.41) is 16.6. The molecule has 0 spiro atoms. The summed E-state index contributed by atoms with van der Waals surface area (Å²) >= 11 is 4.06. The van der Waals surface area contributed by atoms with Crippen molar-refractivity contribution in [3.63, 3.8) is 0 Å². The Hall–Kier alpha value is -3.70. The molecular weight excluding hydrogens is 826 g/mol. The number of hydrogen-bond acceptors (Lipinski definition) is 6. The van der Waals surface area contributed by atoms with Crippen LogP contribution < -0.4 is 22.1 Å². The largest absolute Gasteiger partial charge is 0.506 e. The minimum Gasteiger partial charge on any atom is -0.506 e. The highest BCUT2D eigenvalue weighted by Gasteiger charge is 2.38. The summed E-state index contributed by atoms with van der Waals surface area (Å²) in [6.45, 7) is 0.357. The van der Waals surface area contributed by atoms with Crippen LogP contribution in [0, 0.1) is 7.14 Å². The molecule has 4 amide bonds. The number of phenols is 1. The number of hydrogen-bond donors (Lipinski definition) is 6. The van der Waals surface area contributed by atoms with Crippen LogP contribution in [0.5, 0.6) is 5.75 Å². The standard InChI is InChI=1S/C34H36I2N6O5/c35-23-13-20(14-24(36)30(23)43)15-25(37)34(47)42-12-6-11-29(42)33(46)41-28(17-21-18-39-26-10-5-4-9-22(21)26)32(45)40-27(31(38)44)16-19-7-2-1-3-8-19/h1-5,7-10,13-14,18,25,27-29,39,43H,6,11-12,15-17,37H2,(H2,38,44)(H,40,45)(H,41,46)/t25-,27-,28-,29-/m0/s1. The normalized spacial score (nSPS) is 16.4. The van der Waals surface area contributed by atoms with Crippen LogP contribution in [-0.2, 0) is 38.4 Å². The van der Waals surface area contributed by atoms with Crippen molar-refractivity contribution in [3.05, 3.63) is 96.8 Å². The minimum absolute atomic E-state index is 0.136. The molecule has 0 radical (unpaired) electrons. The van der Waals surface area contributed by atoms with Crippen molar-refractivity contribution in [3.8, 4) is 5.75 Å². The number of likely N-dealkylation sites (tertiary alicyclic amines) is 1. The Balaban J connectivity index is 1.33. The Morgan fingerprint density at radius 1 is 0.915 bits per heavy atom. The number of nitrogens with zero attached hydrogens (tertiary/aromatic N) is 1. The van der Waals surface area contributed by atoms with Crippen LogP contribution in [-0.4, -0.2) is 69.3 Å². The van der Waals surface area contributed by atoms with Gasteiger partial charge in [-0.1, -0.05) is 48.5 Å². The molecule has 1 aliphatic rings. The van der Waals surface area contributed by atoms with E-state index < -0.39 is 41.9 Å². The van der Waals surface area contributed by atoms with E-state index in [0.29, 0.717) is 26.5 Å². The zero-order valence-electron chi connectivity index (χ0n) is 25.4. The van der Waals surface area contributed by atoms with E-state index >= 15 is 0 Å². The van der Waals surface area contributed by atoms with Crippen LogP contribution in [0.4, 0.5) is 0 Å². The van der Waals surface area contributed by atoms with E-state index in [1.807, 2.05) is 99.8 Å². The van der Waals surface area contributed by atoms with Gasteiger partial charge < -0.3 is 37.1 Å². The van der Waals surface area contributed by atoms with Crippen LogP contribution in [0.3, 0.4) is 0 Å². The average molecular weight is 863 g/mol. The first-order chi connectivity index (χ1) is 22.5. The number of nitrogens with two attached hydrogens (primary N) is 2. The van der Waals surface area contributed by atoms with Crippen molar-refractivity contribution >= 4 is 79.7 Å². The van der Waals surface area contributed by atoms with Crippen molar-refractivity contribution in [1.82, 2.24) is 20.5 Å². The number of H-pyrrole nitrogens is 1. The van der Waals surface area contributed by atoms with Crippen LogP contribution >= 0.6 is 45.2 Å². The number of aromatic amines is 1. The molecule has 1 saturated heterocycles. The summed E-state index contributed by atoms with van der Waals surface area (Å²) in [5.41, 5.74) is 15.4. The summed E-state index contributed by atoms with van der Waals surface area (Å²) < 4.78 is 1.31. The van der Waals surface area contributed by atoms with Gasteiger partial charge in [0.15, 0.2) is 0 Å². The predicted octanol–water partition coefficient (Wildman–Crippen LogP) is 2.88. The van der Waals surface area contributed by atoms with Gasteiger partial charge in [0, 0.05) is 36.5 Å². The zero-order valence-corrected chi connectivity index (χ0v) is 29.7. The topological polar surface area (TPSA) is 184 Å². The van der Waals surface area contributed by atoms with Gasteiger partial charge in [0.25, 0.3) is 0 Å². The molecule has 0 bridgehead atoms. The number of carbonyl (C=O) groups is 4. The van der Waals surface area contributed by atoms with Gasteiger partial charge in [0.1, 0.15) is 23.9 Å². The van der Waals surface area contributed by atoms with Gasteiger partial charge in [-0.25, -0.2) is 0 Å². The van der Waals surface area contributed by atoms with E-state index in [0.717, 1.165) is 27.6 Å². The van der Waals surface area contributed by atoms with Gasteiger partial charge in [-0.15, -0.1) is 0 Å². The molecular formula is C34H36I2N6O5. The highest BCUT2D eigenvalue weighted by atomic mass is 127. The quantitative estimate of drug-likeness (QED) is 0.119. The highest BCUT2D eigenvalue weighted by Crippen LogP contribution is 2.28. The molecule has 0 saturated carbocycles. The fraction of sp³-hybridized carbons (Fsp3) is 0.294. The number of carbonyl (C=O) groups excluding carboxylic acids is 4. The second-order valence-corrected chi connectivity index (χ2v) is 14.0. The molecule has 1 aromatic heterocycles. The SMILES string of the molecule is NC(=O)[C@H](Cc1ccccc1)NC(=O)[C@H](Cc1c[nH]c2ccccc12)NC(=O)[C@@H]1CCCN1C(=O)[C@@H](N)Cc1cc(I)c(O)c(I)c1. The van der Waals surface area contributed by atoms with E-state index in [1.165, 1.54) is 4.90 Å². The number of rotatable bonds is 12. The Morgan fingerprint density at radius 3 is 2.30 bits per heavy atom. The molecule has 246 valence electrons. The van der Waals surface area contributed by atoms with Crippen molar-refractivity contribution in [2.75, 3.05) is 6.54 Å². The predicted molar refractivity (Wildman–Crippen MR) is 195 cm³/mol. The molecule has 4 atom stereocenters. The van der Waals surface area contributed by atoms with E-state index in [2.05, 4.69) is 15.6 Å². The molecule has 5 rings (SSSR count). The lowest BCUT2D eigenvalue weighted by Gasteiger charge is -2.29. The van der Waals surface area contributed by atoms with Crippen LogP contribution in [0.1, 0.15) is 29.5 Å². The van der Waals surface area contributed by atoms with Crippen LogP contribution in [0.25, 0.3) is 10.9 Å². The Morgan fingerprint density at radius 2 is 1.60 bits per heavy atom. The first-order valence-corrected chi connectivity index (χ1v) is 17.4. The third-order valence-electron chi connectivity index (χ3n) is 8.36. The third kappa shape index (κ3) is 8.43. The molecule has 0 unspecified atom stereocenters. The fourth-order valence-electron chi connectivity index (χ4n) is 5.94.